The fourth-order valence-corrected chi connectivity index (χ4v) is 0. The first-order valence-electron chi connectivity index (χ1n) is 2.45. The predicted octanol–water partition coefficient (Wildman–Crippen LogP) is -21.5. The maximum atomic E-state index is 8.33. The summed E-state index contributed by atoms with van der Waals surface area (Å²) in [5, 5.41) is 66.7. The van der Waals surface area contributed by atoms with Gasteiger partial charge in [-0.15, -0.1) is 0 Å². The number of hydrogen-bond acceptors (Lipinski definition) is 16. The van der Waals surface area contributed by atoms with Crippen LogP contribution in [0.2, 0.25) is 0 Å². The van der Waals surface area contributed by atoms with Crippen LogP contribution in [-0.4, -0.2) is 104 Å². The van der Waals surface area contributed by atoms with Crippen LogP contribution in [-0.2, 0) is 0 Å². The topological polar surface area (TPSA) is 404 Å². The van der Waals surface area contributed by atoms with Gasteiger partial charge < -0.3 is 87.4 Å². The molecule has 0 fully saturated rings. The molecule has 0 aromatic heterocycles. The second-order valence-electron chi connectivity index (χ2n) is 1.00. The van der Waals surface area contributed by atoms with E-state index in [9.17, 15) is 0 Å². The maximum absolute atomic E-state index is 8.33. The van der Waals surface area contributed by atoms with Gasteiger partial charge in [-0.2, -0.15) is 0 Å². The molecule has 0 aliphatic rings. The zero-order valence-corrected chi connectivity index (χ0v) is 17.4. The van der Waals surface area contributed by atoms with Crippen LogP contribution in [0.1, 0.15) is 0 Å². The molecule has 0 unspecified atom stereocenters. The number of carbonyl (C=O) groups excluding carboxylic acids is 4. The van der Waals surface area contributed by atoms with Crippen molar-refractivity contribution in [2.75, 3.05) is 0 Å². The molecular weight excluding hydrogens is 422 g/mol. The molecule has 0 saturated heterocycles. The minimum absolute atomic E-state index is 0. The number of hydrogen-bond donors (Lipinski definition) is 0. The Hall–Kier alpha value is 0.270. The Balaban J connectivity index is -0.00000000482. The first kappa shape index (κ1) is 125. The van der Waals surface area contributed by atoms with E-state index in [1.165, 1.54) is 0 Å². The molecule has 0 bridgehead atoms. The van der Waals surface area contributed by atoms with Crippen LogP contribution in [0.15, 0.2) is 0 Å². The second kappa shape index (κ2) is 111. The molecule has 0 aliphatic carbocycles. The van der Waals surface area contributed by atoms with Crippen molar-refractivity contribution < 1.29 is 144 Å². The molecule has 136 valence electrons. The van der Waals surface area contributed by atoms with Gasteiger partial charge in [0.25, 0.3) is 0 Å². The van der Waals surface area contributed by atoms with Crippen LogP contribution >= 0.6 is 0 Å². The summed E-state index contributed by atoms with van der Waals surface area (Å²) in [7, 11) is 0. The van der Waals surface area contributed by atoms with Crippen molar-refractivity contribution in [2.24, 2.45) is 0 Å². The van der Waals surface area contributed by atoms with Gasteiger partial charge in [-0.1, -0.05) is 0 Å². The van der Waals surface area contributed by atoms with Gasteiger partial charge in [-0.25, -0.2) is 0 Å². The van der Waals surface area contributed by atoms with Crippen LogP contribution in [0.5, 0.6) is 0 Å². The van der Waals surface area contributed by atoms with Crippen LogP contribution in [0.4, 0.5) is 19.2 Å². The Kier molecular flexibility index (Phi) is 516. The van der Waals surface area contributed by atoms with E-state index in [0.717, 1.165) is 0 Å². The predicted molar refractivity (Wildman–Crippen MR) is 50.2 cm³/mol. The van der Waals surface area contributed by atoms with Crippen LogP contribution in [0.25, 0.3) is 0 Å². The van der Waals surface area contributed by atoms with Crippen molar-refractivity contribution in [3.8, 4) is 0 Å². The fourth-order valence-electron chi connectivity index (χ4n) is 0. The Bertz CT molecular complexity index is 181. The Labute approximate surface area is 219 Å². The molecule has 0 atom stereocenters. The van der Waals surface area contributed by atoms with Gasteiger partial charge in [-0.05, 0) is 24.6 Å². The van der Waals surface area contributed by atoms with Crippen LogP contribution in [0, 0.1) is 0 Å². The van der Waals surface area contributed by atoms with Crippen molar-refractivity contribution in [3.05, 3.63) is 0 Å². The fraction of sp³-hybridized carbons (Fsp3) is 0. The molecule has 17 nitrogen and oxygen atoms in total. The minimum Gasteiger partial charge on any atom is -0.870 e. The second-order valence-corrected chi connectivity index (χ2v) is 1.00. The zero-order valence-electron chi connectivity index (χ0n) is 13.9. The summed E-state index contributed by atoms with van der Waals surface area (Å²) in [4.78, 5) is 33.3. The van der Waals surface area contributed by atoms with E-state index in [0.29, 0.717) is 0 Å². The van der Waals surface area contributed by atoms with Gasteiger partial charge in [0.05, 0.1) is 0 Å². The SMILES string of the molecule is O.O=C([O-])[O-].O=C([O-])[O-].O=C([O-])[O-].O=C([O-])[O-].[Al+3].[Al+3].[Al+3].[Li+].[Li+].[Li+].[OH-].[OH-].[OH-].[OH-]. The van der Waals surface area contributed by atoms with Crippen molar-refractivity contribution >= 4 is 76.7 Å². The van der Waals surface area contributed by atoms with E-state index in [1.54, 1.807) is 0 Å². The molecular formula is C4H6Al3Li3O17. The monoisotopic (exact) mass is 428 g/mol. The molecule has 0 aliphatic heterocycles. The van der Waals surface area contributed by atoms with Crippen molar-refractivity contribution in [3.63, 3.8) is 0 Å². The molecule has 0 aromatic carbocycles. The van der Waals surface area contributed by atoms with Crippen LogP contribution in [0.3, 0.4) is 0 Å². The van der Waals surface area contributed by atoms with Gasteiger partial charge >= 0.3 is 109 Å². The molecule has 0 saturated carbocycles. The van der Waals surface area contributed by atoms with E-state index < -0.39 is 24.6 Å². The number of carboxylic acid groups (broad SMARTS) is 8. The quantitative estimate of drug-likeness (QED) is 0.323. The molecule has 0 amide bonds. The smallest absolute Gasteiger partial charge is 0.870 e. The summed E-state index contributed by atoms with van der Waals surface area (Å²) in [6, 6.07) is 0. The first-order chi connectivity index (χ1) is 6.93. The maximum Gasteiger partial charge on any atom is 3.00 e. The first-order valence-corrected chi connectivity index (χ1v) is 2.45. The average Bonchev–Trinajstić information content (AvgIpc) is 1.76. The number of rotatable bonds is 0. The van der Waals surface area contributed by atoms with Crippen LogP contribution < -0.4 is 97.4 Å². The Morgan fingerprint density at radius 1 is 0.370 bits per heavy atom. The average molecular weight is 428 g/mol. The number of carbonyl (C=O) groups is 4. The van der Waals surface area contributed by atoms with E-state index in [1.807, 2.05) is 0 Å². The zero-order chi connectivity index (χ0) is 14.3. The molecule has 0 rings (SSSR count). The third-order valence-corrected chi connectivity index (χ3v) is 0. The minimum atomic E-state index is -2.33. The molecule has 0 aromatic rings. The van der Waals surface area contributed by atoms with E-state index in [-0.39, 0.29) is 136 Å². The summed E-state index contributed by atoms with van der Waals surface area (Å²) in [5.41, 5.74) is 0. The molecule has 0 spiro atoms. The van der Waals surface area contributed by atoms with E-state index in [2.05, 4.69) is 0 Å². The Morgan fingerprint density at radius 3 is 0.370 bits per heavy atom. The molecule has 0 radical (unpaired) electrons. The van der Waals surface area contributed by atoms with Crippen molar-refractivity contribution in [1.82, 2.24) is 0 Å². The Morgan fingerprint density at radius 2 is 0.370 bits per heavy atom. The van der Waals surface area contributed by atoms with E-state index >= 15 is 0 Å². The van der Waals surface area contributed by atoms with Gasteiger partial charge in [0.15, 0.2) is 0 Å². The van der Waals surface area contributed by atoms with Crippen molar-refractivity contribution in [2.45, 2.75) is 0 Å². The summed E-state index contributed by atoms with van der Waals surface area (Å²) >= 11 is 0. The third-order valence-electron chi connectivity index (χ3n) is 0. The molecule has 23 heteroatoms. The van der Waals surface area contributed by atoms with Crippen molar-refractivity contribution in [1.29, 1.82) is 0 Å². The molecule has 27 heavy (non-hydrogen) atoms. The molecule has 0 heterocycles. The van der Waals surface area contributed by atoms with Gasteiger partial charge in [0, 0.05) is 0 Å². The third kappa shape index (κ3) is 213000. The summed E-state index contributed by atoms with van der Waals surface area (Å²) in [6.45, 7) is 0. The summed E-state index contributed by atoms with van der Waals surface area (Å²) in [6.07, 6.45) is -9.33. The largest absolute Gasteiger partial charge is 3.00 e. The normalized spacial score (nSPS) is 3.56. The standard InChI is InChI=1S/4CH2O3.3Al.3Li.5H2O/c4*2-1(3)4;;;;;;;;;;;/h4*(H2,2,3,4);;;;;;;5*1H2/q;;;;3*+3;3*+1;;;;;/p-12. The summed E-state index contributed by atoms with van der Waals surface area (Å²) < 4.78 is 0. The van der Waals surface area contributed by atoms with Gasteiger partial charge in [0.1, 0.15) is 0 Å². The van der Waals surface area contributed by atoms with Gasteiger partial charge in [0.2, 0.25) is 0 Å². The van der Waals surface area contributed by atoms with E-state index in [4.69, 9.17) is 60.0 Å². The summed E-state index contributed by atoms with van der Waals surface area (Å²) in [5.74, 6) is 0. The molecule has 6 N–H and O–H groups in total. The van der Waals surface area contributed by atoms with Gasteiger partial charge in [-0.3, -0.25) is 0 Å².